The lowest BCUT2D eigenvalue weighted by molar-refractivity contribution is 0.0601. The quantitative estimate of drug-likeness (QED) is 0.397. The molecule has 0 amide bonds. The highest BCUT2D eigenvalue weighted by atomic mass is 35.5. The number of aromatic nitrogens is 3. The minimum atomic E-state index is -0.381. The zero-order chi connectivity index (χ0) is 23.5. The maximum Gasteiger partial charge on any atom is 0.337 e. The monoisotopic (exact) mass is 476 g/mol. The van der Waals surface area contributed by atoms with Gasteiger partial charge in [-0.1, -0.05) is 23.7 Å². The van der Waals surface area contributed by atoms with Gasteiger partial charge < -0.3 is 19.9 Å². The third kappa shape index (κ3) is 4.83. The van der Waals surface area contributed by atoms with Gasteiger partial charge in [0.15, 0.2) is 0 Å². The van der Waals surface area contributed by atoms with E-state index in [4.69, 9.17) is 16.3 Å². The van der Waals surface area contributed by atoms with E-state index in [1.54, 1.807) is 24.4 Å². The molecule has 0 bridgehead atoms. The lowest BCUT2D eigenvalue weighted by atomic mass is 10.2. The zero-order valence-corrected chi connectivity index (χ0v) is 19.5. The lowest BCUT2D eigenvalue weighted by Crippen LogP contribution is -2.46. The van der Waals surface area contributed by atoms with Crippen LogP contribution in [0.1, 0.15) is 15.9 Å². The van der Waals surface area contributed by atoms with E-state index in [0.29, 0.717) is 17.3 Å². The van der Waals surface area contributed by atoms with Crippen molar-refractivity contribution in [2.45, 2.75) is 6.54 Å². The summed E-state index contributed by atoms with van der Waals surface area (Å²) in [7, 11) is 1.37. The molecule has 0 aliphatic carbocycles. The van der Waals surface area contributed by atoms with Gasteiger partial charge in [-0.05, 0) is 48.0 Å². The van der Waals surface area contributed by atoms with Gasteiger partial charge in [-0.2, -0.15) is 0 Å². The number of halogens is 1. The number of para-hydroxylation sites is 1. The van der Waals surface area contributed by atoms with E-state index in [1.165, 1.54) is 12.7 Å². The Morgan fingerprint density at radius 3 is 2.74 bits per heavy atom. The summed E-state index contributed by atoms with van der Waals surface area (Å²) in [5.74, 6) is 0.891. The van der Waals surface area contributed by atoms with Crippen LogP contribution in [0.4, 0.5) is 17.5 Å². The molecule has 4 aromatic rings. The van der Waals surface area contributed by atoms with Crippen molar-refractivity contribution >= 4 is 46.1 Å². The molecular formula is C25H25ClN6O2. The Morgan fingerprint density at radius 2 is 1.94 bits per heavy atom. The second kappa shape index (κ2) is 9.70. The van der Waals surface area contributed by atoms with Crippen LogP contribution < -0.4 is 10.2 Å². The van der Waals surface area contributed by atoms with Gasteiger partial charge in [0.05, 0.1) is 34.4 Å². The number of methoxy groups -OCH3 is 1. The minimum absolute atomic E-state index is 0.381. The number of carbonyl (C=O) groups excluding carboxylic acids is 1. The number of fused-ring (bicyclic) bond motifs is 1. The molecule has 0 radical (unpaired) electrons. The molecule has 2 aromatic heterocycles. The summed E-state index contributed by atoms with van der Waals surface area (Å²) >= 11 is 6.36. The van der Waals surface area contributed by atoms with Gasteiger partial charge in [0.1, 0.15) is 5.82 Å². The van der Waals surface area contributed by atoms with Crippen LogP contribution in [0.25, 0.3) is 11.0 Å². The molecule has 1 aliphatic rings. The molecule has 1 fully saturated rings. The predicted octanol–water partition coefficient (Wildman–Crippen LogP) is 4.46. The van der Waals surface area contributed by atoms with E-state index >= 15 is 0 Å². The maximum absolute atomic E-state index is 11.8. The minimum Gasteiger partial charge on any atom is -0.465 e. The molecule has 2 aromatic carbocycles. The molecule has 8 nitrogen and oxygen atoms in total. The van der Waals surface area contributed by atoms with Gasteiger partial charge in [-0.15, -0.1) is 0 Å². The number of piperazine rings is 1. The molecule has 0 spiro atoms. The van der Waals surface area contributed by atoms with Crippen molar-refractivity contribution in [3.05, 3.63) is 76.9 Å². The number of rotatable bonds is 6. The number of hydrogen-bond acceptors (Lipinski definition) is 7. The largest absolute Gasteiger partial charge is 0.465 e. The Bertz CT molecular complexity index is 1320. The predicted molar refractivity (Wildman–Crippen MR) is 134 cm³/mol. The number of aromatic amines is 1. The van der Waals surface area contributed by atoms with Crippen LogP contribution in [0.5, 0.6) is 0 Å². The van der Waals surface area contributed by atoms with Crippen molar-refractivity contribution in [2.75, 3.05) is 43.5 Å². The number of hydrogen-bond donors (Lipinski definition) is 2. The van der Waals surface area contributed by atoms with E-state index in [9.17, 15) is 4.79 Å². The Labute approximate surface area is 202 Å². The first kappa shape index (κ1) is 22.2. The van der Waals surface area contributed by atoms with Crippen molar-refractivity contribution in [3.63, 3.8) is 0 Å². The van der Waals surface area contributed by atoms with Gasteiger partial charge in [-0.3, -0.25) is 4.90 Å². The SMILES string of the molecule is COC(=O)c1ccc2nc(Nc3cc(CN4CCN(c5ccccc5Cl)CC4)ccn3)[nH]c2c1. The summed E-state index contributed by atoms with van der Waals surface area (Å²) in [5.41, 5.74) is 4.25. The number of esters is 1. The standard InChI is InChI=1S/C25H25ClN6O2/c1-34-24(33)18-6-7-20-21(15-18)29-25(28-20)30-23-14-17(8-9-27-23)16-31-10-12-32(13-11-31)22-5-3-2-4-19(22)26/h2-9,14-15H,10-13,16H2,1H3,(H2,27,28,29,30). The zero-order valence-electron chi connectivity index (χ0n) is 18.8. The van der Waals surface area contributed by atoms with Crippen molar-refractivity contribution in [1.29, 1.82) is 0 Å². The van der Waals surface area contributed by atoms with Crippen molar-refractivity contribution < 1.29 is 9.53 Å². The summed E-state index contributed by atoms with van der Waals surface area (Å²) in [6.07, 6.45) is 1.80. The third-order valence-corrected chi connectivity index (χ3v) is 6.27. The molecule has 0 saturated carbocycles. The van der Waals surface area contributed by atoms with Crippen LogP contribution in [0.3, 0.4) is 0 Å². The summed E-state index contributed by atoms with van der Waals surface area (Å²) in [5, 5.41) is 4.03. The second-order valence-electron chi connectivity index (χ2n) is 8.20. The number of nitrogens with one attached hydrogen (secondary N) is 2. The summed E-state index contributed by atoms with van der Waals surface area (Å²) in [6, 6.07) is 17.3. The molecule has 9 heteroatoms. The number of H-pyrrole nitrogens is 1. The Morgan fingerprint density at radius 1 is 1.12 bits per heavy atom. The smallest absolute Gasteiger partial charge is 0.337 e. The molecule has 174 valence electrons. The molecule has 1 aliphatic heterocycles. The Kier molecular flexibility index (Phi) is 6.33. The van der Waals surface area contributed by atoms with Crippen molar-refractivity contribution in [3.8, 4) is 0 Å². The van der Waals surface area contributed by atoms with Crippen LogP contribution in [0, 0.1) is 0 Å². The second-order valence-corrected chi connectivity index (χ2v) is 8.61. The number of pyridine rings is 1. The van der Waals surface area contributed by atoms with E-state index in [1.807, 2.05) is 30.3 Å². The van der Waals surface area contributed by atoms with Crippen LogP contribution in [-0.4, -0.2) is 59.1 Å². The number of ether oxygens (including phenoxy) is 1. The normalized spacial score (nSPS) is 14.4. The topological polar surface area (TPSA) is 86.4 Å². The molecular weight excluding hydrogens is 452 g/mol. The fourth-order valence-corrected chi connectivity index (χ4v) is 4.44. The molecule has 2 N–H and O–H groups in total. The lowest BCUT2D eigenvalue weighted by Gasteiger charge is -2.36. The highest BCUT2D eigenvalue weighted by Crippen LogP contribution is 2.26. The maximum atomic E-state index is 11.8. The number of anilines is 3. The molecule has 0 unspecified atom stereocenters. The van der Waals surface area contributed by atoms with Gasteiger partial charge >= 0.3 is 5.97 Å². The van der Waals surface area contributed by atoms with Crippen LogP contribution in [0.15, 0.2) is 60.8 Å². The highest BCUT2D eigenvalue weighted by Gasteiger charge is 2.19. The van der Waals surface area contributed by atoms with Gasteiger partial charge in [0.2, 0.25) is 5.95 Å². The first-order chi connectivity index (χ1) is 16.6. The van der Waals surface area contributed by atoms with E-state index in [0.717, 1.165) is 54.5 Å². The average molecular weight is 477 g/mol. The fraction of sp³-hybridized carbons (Fsp3) is 0.240. The van der Waals surface area contributed by atoms with Crippen LogP contribution >= 0.6 is 11.6 Å². The van der Waals surface area contributed by atoms with E-state index < -0.39 is 0 Å². The van der Waals surface area contributed by atoms with Crippen LogP contribution in [-0.2, 0) is 11.3 Å². The third-order valence-electron chi connectivity index (χ3n) is 5.95. The summed E-state index contributed by atoms with van der Waals surface area (Å²) in [6.45, 7) is 4.64. The molecule has 1 saturated heterocycles. The van der Waals surface area contributed by atoms with Gasteiger partial charge in [0.25, 0.3) is 0 Å². The Hall–Kier alpha value is -3.62. The summed E-state index contributed by atoms with van der Waals surface area (Å²) in [4.78, 5) is 28.7. The average Bonchev–Trinajstić information content (AvgIpc) is 3.26. The van der Waals surface area contributed by atoms with E-state index in [2.05, 4.69) is 36.1 Å². The number of benzene rings is 2. The van der Waals surface area contributed by atoms with Gasteiger partial charge in [0, 0.05) is 38.9 Å². The molecule has 5 rings (SSSR count). The first-order valence-corrected chi connectivity index (χ1v) is 11.5. The van der Waals surface area contributed by atoms with Crippen molar-refractivity contribution in [1.82, 2.24) is 19.9 Å². The summed E-state index contributed by atoms with van der Waals surface area (Å²) < 4.78 is 4.79. The Balaban J connectivity index is 1.22. The van der Waals surface area contributed by atoms with E-state index in [-0.39, 0.29) is 5.97 Å². The number of carbonyl (C=O) groups is 1. The molecule has 0 atom stereocenters. The van der Waals surface area contributed by atoms with Gasteiger partial charge in [-0.25, -0.2) is 14.8 Å². The van der Waals surface area contributed by atoms with Crippen LogP contribution in [0.2, 0.25) is 5.02 Å². The number of imidazole rings is 1. The van der Waals surface area contributed by atoms with Crippen molar-refractivity contribution in [2.24, 2.45) is 0 Å². The fourth-order valence-electron chi connectivity index (χ4n) is 4.19. The highest BCUT2D eigenvalue weighted by molar-refractivity contribution is 6.33. The number of nitrogens with zero attached hydrogens (tertiary/aromatic N) is 4. The first-order valence-electron chi connectivity index (χ1n) is 11.1. The molecule has 34 heavy (non-hydrogen) atoms. The molecule has 3 heterocycles.